The molecule has 0 fully saturated rings. The van der Waals surface area contributed by atoms with Crippen molar-refractivity contribution in [2.75, 3.05) is 44.4 Å². The van der Waals surface area contributed by atoms with E-state index in [1.54, 1.807) is 30.3 Å². The van der Waals surface area contributed by atoms with E-state index in [0.717, 1.165) is 34.5 Å². The fraction of sp³-hybridized carbons (Fsp3) is 0.231. The Morgan fingerprint density at radius 1 is 1.00 bits per heavy atom. The molecule has 1 heterocycles. The maximum Gasteiger partial charge on any atom is 0.573 e. The van der Waals surface area contributed by atoms with Crippen LogP contribution >= 0.6 is 22.9 Å². The first-order valence-electron chi connectivity index (χ1n) is 11.4. The number of ether oxygens (including phenoxy) is 2. The molecule has 0 spiro atoms. The third kappa shape index (κ3) is 7.27. The van der Waals surface area contributed by atoms with E-state index in [1.165, 1.54) is 23.5 Å². The molecular weight excluding hydrogens is 541 g/mol. The van der Waals surface area contributed by atoms with Gasteiger partial charge < -0.3 is 19.3 Å². The number of carbonyl (C=O) groups is 1. The zero-order chi connectivity index (χ0) is 27.4. The van der Waals surface area contributed by atoms with Crippen LogP contribution in [0.5, 0.6) is 11.5 Å². The Labute approximate surface area is 226 Å². The lowest BCUT2D eigenvalue weighted by Gasteiger charge is -2.18. The largest absolute Gasteiger partial charge is 0.573 e. The van der Waals surface area contributed by atoms with Crippen molar-refractivity contribution in [3.63, 3.8) is 0 Å². The van der Waals surface area contributed by atoms with Gasteiger partial charge in [0, 0.05) is 31.4 Å². The van der Waals surface area contributed by atoms with Crippen LogP contribution in [0, 0.1) is 0 Å². The van der Waals surface area contributed by atoms with Crippen molar-refractivity contribution in [2.24, 2.45) is 0 Å². The molecule has 4 aromatic rings. The van der Waals surface area contributed by atoms with Gasteiger partial charge in [0.05, 0.1) is 15.2 Å². The van der Waals surface area contributed by atoms with Crippen LogP contribution in [0.15, 0.2) is 60.7 Å². The molecule has 38 heavy (non-hydrogen) atoms. The Kier molecular flexibility index (Phi) is 8.29. The molecule has 12 heteroatoms. The number of nitrogens with zero attached hydrogens (tertiary/aromatic N) is 3. The van der Waals surface area contributed by atoms with E-state index < -0.39 is 18.2 Å². The summed E-state index contributed by atoms with van der Waals surface area (Å²) in [5, 5.41) is 3.69. The zero-order valence-electron chi connectivity index (χ0n) is 20.7. The predicted molar refractivity (Wildman–Crippen MR) is 145 cm³/mol. The summed E-state index contributed by atoms with van der Waals surface area (Å²) < 4.78 is 47.4. The maximum absolute atomic E-state index is 12.5. The number of aromatic nitrogens is 1. The van der Waals surface area contributed by atoms with Crippen molar-refractivity contribution in [1.29, 1.82) is 0 Å². The number of amides is 1. The summed E-state index contributed by atoms with van der Waals surface area (Å²) in [5.41, 5.74) is 2.54. The number of carbonyl (C=O) groups excluding carboxylic acids is 1. The highest BCUT2D eigenvalue weighted by molar-refractivity contribution is 7.22. The first-order valence-corrected chi connectivity index (χ1v) is 12.6. The number of likely N-dealkylation sites (N-methyl/N-ethyl adjacent to an activating group) is 2. The fourth-order valence-corrected chi connectivity index (χ4v) is 4.75. The highest BCUT2D eigenvalue weighted by Crippen LogP contribution is 2.34. The van der Waals surface area contributed by atoms with E-state index in [1.807, 2.05) is 33.3 Å². The molecule has 4 rings (SSSR count). The summed E-state index contributed by atoms with van der Waals surface area (Å²) in [4.78, 5) is 21.3. The Balaban J connectivity index is 1.38. The van der Waals surface area contributed by atoms with Crippen molar-refractivity contribution in [2.45, 2.75) is 6.36 Å². The fourth-order valence-electron chi connectivity index (χ4n) is 3.48. The Hall–Kier alpha value is -3.54. The van der Waals surface area contributed by atoms with Crippen LogP contribution < -0.4 is 19.7 Å². The molecule has 0 unspecified atom stereocenters. The average molecular weight is 565 g/mol. The summed E-state index contributed by atoms with van der Waals surface area (Å²) in [6, 6.07) is 15.5. The number of benzene rings is 3. The molecule has 0 aliphatic rings. The summed E-state index contributed by atoms with van der Waals surface area (Å²) in [6.45, 7) is 1.75. The number of nitrogens with one attached hydrogen (secondary N) is 1. The second kappa shape index (κ2) is 11.5. The van der Waals surface area contributed by atoms with Crippen LogP contribution in [0.25, 0.3) is 21.3 Å². The molecule has 0 atom stereocenters. The molecule has 200 valence electrons. The molecule has 1 amide bonds. The number of anilines is 2. The number of hydrogen-bond acceptors (Lipinski definition) is 7. The standard InChI is InChI=1S/C26H24ClF3N4O3S/c1-33(2)12-13-34(3)24-32-22-11-6-17(14-23(22)38-24)31-25(35)36-18-7-4-16(5-8-18)20-10-9-19(15-21(20)27)37-26(28,29)30/h4-11,14-15H,12-13H2,1-3H3,(H,31,35). The highest BCUT2D eigenvalue weighted by Gasteiger charge is 2.31. The smallest absolute Gasteiger partial charge is 0.410 e. The number of fused-ring (bicyclic) bond motifs is 1. The van der Waals surface area contributed by atoms with Gasteiger partial charge in [-0.3, -0.25) is 5.32 Å². The van der Waals surface area contributed by atoms with Gasteiger partial charge >= 0.3 is 12.5 Å². The normalized spacial score (nSPS) is 11.6. The number of hydrogen-bond donors (Lipinski definition) is 1. The Bertz CT molecular complexity index is 1430. The zero-order valence-corrected chi connectivity index (χ0v) is 22.2. The minimum atomic E-state index is -4.80. The van der Waals surface area contributed by atoms with Crippen LogP contribution in [-0.4, -0.2) is 56.6 Å². The summed E-state index contributed by atoms with van der Waals surface area (Å²) in [6.07, 6.45) is -5.47. The average Bonchev–Trinajstić information content (AvgIpc) is 3.26. The summed E-state index contributed by atoms with van der Waals surface area (Å²) in [5.74, 6) is -0.130. The predicted octanol–water partition coefficient (Wildman–Crippen LogP) is 7.12. The molecular formula is C26H24ClF3N4O3S. The Morgan fingerprint density at radius 3 is 2.37 bits per heavy atom. The first kappa shape index (κ1) is 27.5. The number of thiazole rings is 1. The van der Waals surface area contributed by atoms with Crippen LogP contribution in [0.1, 0.15) is 0 Å². The van der Waals surface area contributed by atoms with Crippen molar-refractivity contribution in [1.82, 2.24) is 9.88 Å². The van der Waals surface area contributed by atoms with Gasteiger partial charge in [-0.15, -0.1) is 13.2 Å². The van der Waals surface area contributed by atoms with Gasteiger partial charge in [0.2, 0.25) is 0 Å². The number of halogens is 4. The topological polar surface area (TPSA) is 66.9 Å². The minimum Gasteiger partial charge on any atom is -0.410 e. The van der Waals surface area contributed by atoms with Crippen molar-refractivity contribution < 1.29 is 27.4 Å². The van der Waals surface area contributed by atoms with Crippen molar-refractivity contribution >= 4 is 50.1 Å². The third-order valence-corrected chi connectivity index (χ3v) is 6.83. The van der Waals surface area contributed by atoms with Crippen LogP contribution in [0.4, 0.5) is 28.8 Å². The molecule has 0 radical (unpaired) electrons. The summed E-state index contributed by atoms with van der Waals surface area (Å²) >= 11 is 7.68. The molecule has 1 aromatic heterocycles. The van der Waals surface area contributed by atoms with Gasteiger partial charge in [-0.05, 0) is 68.2 Å². The van der Waals surface area contributed by atoms with Gasteiger partial charge in [-0.1, -0.05) is 35.1 Å². The number of rotatable bonds is 8. The van der Waals surface area contributed by atoms with Crippen molar-refractivity contribution in [3.05, 3.63) is 65.7 Å². The summed E-state index contributed by atoms with van der Waals surface area (Å²) in [7, 11) is 6.03. The molecule has 7 nitrogen and oxygen atoms in total. The van der Waals surface area contributed by atoms with Crippen LogP contribution in [-0.2, 0) is 0 Å². The minimum absolute atomic E-state index is 0.0867. The molecule has 0 saturated heterocycles. The lowest BCUT2D eigenvalue weighted by Crippen LogP contribution is -2.28. The van der Waals surface area contributed by atoms with E-state index in [2.05, 4.69) is 24.8 Å². The first-order chi connectivity index (χ1) is 18.0. The molecule has 0 aliphatic carbocycles. The van der Waals surface area contributed by atoms with E-state index >= 15 is 0 Å². The van der Waals surface area contributed by atoms with Gasteiger partial charge in [0.1, 0.15) is 11.5 Å². The van der Waals surface area contributed by atoms with Crippen molar-refractivity contribution in [3.8, 4) is 22.6 Å². The molecule has 0 aliphatic heterocycles. The van der Waals surface area contributed by atoms with Gasteiger partial charge in [0.25, 0.3) is 0 Å². The van der Waals surface area contributed by atoms with E-state index in [0.29, 0.717) is 16.8 Å². The van der Waals surface area contributed by atoms with Gasteiger partial charge in [-0.25, -0.2) is 9.78 Å². The maximum atomic E-state index is 12.5. The van der Waals surface area contributed by atoms with E-state index in [4.69, 9.17) is 16.3 Å². The van der Waals surface area contributed by atoms with E-state index in [9.17, 15) is 18.0 Å². The quantitative estimate of drug-likeness (QED) is 0.246. The SMILES string of the molecule is CN(C)CCN(C)c1nc2ccc(NC(=O)Oc3ccc(-c4ccc(OC(F)(F)F)cc4Cl)cc3)cc2s1. The molecule has 0 bridgehead atoms. The number of alkyl halides is 3. The second-order valence-electron chi connectivity index (χ2n) is 8.63. The van der Waals surface area contributed by atoms with Crippen LogP contribution in [0.2, 0.25) is 5.02 Å². The Morgan fingerprint density at radius 2 is 1.71 bits per heavy atom. The molecule has 3 aromatic carbocycles. The third-order valence-electron chi connectivity index (χ3n) is 5.38. The molecule has 0 saturated carbocycles. The molecule has 1 N–H and O–H groups in total. The lowest BCUT2D eigenvalue weighted by atomic mass is 10.1. The van der Waals surface area contributed by atoms with Gasteiger partial charge in [0.15, 0.2) is 5.13 Å². The van der Waals surface area contributed by atoms with Crippen LogP contribution in [0.3, 0.4) is 0 Å². The lowest BCUT2D eigenvalue weighted by molar-refractivity contribution is -0.274. The highest BCUT2D eigenvalue weighted by atomic mass is 35.5. The van der Waals surface area contributed by atoms with E-state index in [-0.39, 0.29) is 10.8 Å². The van der Waals surface area contributed by atoms with Gasteiger partial charge in [-0.2, -0.15) is 0 Å². The monoisotopic (exact) mass is 564 g/mol. The second-order valence-corrected chi connectivity index (χ2v) is 10.0.